The Bertz CT molecular complexity index is 1370. The van der Waals surface area contributed by atoms with Crippen LogP contribution in [0.3, 0.4) is 0 Å². The molecular weight excluding hydrogens is 469 g/mol. The Balaban J connectivity index is 1.67. The minimum atomic E-state index is -4.75. The van der Waals surface area contributed by atoms with Gasteiger partial charge in [0.1, 0.15) is 5.71 Å². The number of rotatable bonds is 6. The van der Waals surface area contributed by atoms with Crippen molar-refractivity contribution in [3.05, 3.63) is 99.1 Å². The van der Waals surface area contributed by atoms with Crippen molar-refractivity contribution >= 4 is 23.4 Å². The van der Waals surface area contributed by atoms with Crippen molar-refractivity contribution in [1.29, 1.82) is 0 Å². The average Bonchev–Trinajstić information content (AvgIpc) is 3.19. The number of carbonyl (C=O) groups is 1. The summed E-state index contributed by atoms with van der Waals surface area (Å²) >= 11 is 0. The van der Waals surface area contributed by atoms with Gasteiger partial charge in [-0.2, -0.15) is 13.2 Å². The van der Waals surface area contributed by atoms with Gasteiger partial charge in [-0.05, 0) is 35.9 Å². The van der Waals surface area contributed by atoms with E-state index in [1.54, 1.807) is 24.3 Å². The smallest absolute Gasteiger partial charge is 0.416 e. The molecule has 0 amide bonds. The molecule has 4 rings (SSSR count). The van der Waals surface area contributed by atoms with Gasteiger partial charge in [0.15, 0.2) is 11.5 Å². The van der Waals surface area contributed by atoms with Crippen molar-refractivity contribution in [2.75, 3.05) is 7.11 Å². The number of nitro benzene ring substituents is 1. The van der Waals surface area contributed by atoms with Gasteiger partial charge in [0.2, 0.25) is 5.75 Å². The van der Waals surface area contributed by atoms with E-state index in [0.29, 0.717) is 29.0 Å². The Morgan fingerprint density at radius 1 is 1.00 bits per heavy atom. The highest BCUT2D eigenvalue weighted by Gasteiger charge is 2.33. The molecule has 1 aliphatic heterocycles. The van der Waals surface area contributed by atoms with E-state index in [1.807, 2.05) is 6.07 Å². The molecule has 0 saturated carbocycles. The molecule has 35 heavy (non-hydrogen) atoms. The van der Waals surface area contributed by atoms with Crippen LogP contribution in [0.15, 0.2) is 77.5 Å². The maximum atomic E-state index is 13.0. The maximum Gasteiger partial charge on any atom is 0.416 e. The summed E-state index contributed by atoms with van der Waals surface area (Å²) in [5.74, 6) is -0.907. The van der Waals surface area contributed by atoms with Crippen molar-refractivity contribution in [1.82, 2.24) is 0 Å². The van der Waals surface area contributed by atoms with Crippen LogP contribution in [0.25, 0.3) is 6.08 Å². The van der Waals surface area contributed by atoms with Crippen LogP contribution in [0.5, 0.6) is 17.2 Å². The summed E-state index contributed by atoms with van der Waals surface area (Å²) < 4.78 is 49.7. The van der Waals surface area contributed by atoms with Crippen LogP contribution in [0.4, 0.5) is 18.9 Å². The zero-order chi connectivity index (χ0) is 25.2. The minimum Gasteiger partial charge on any atom is -0.493 e. The summed E-state index contributed by atoms with van der Waals surface area (Å²) in [6.07, 6.45) is -3.23. The second-order valence-corrected chi connectivity index (χ2v) is 7.19. The van der Waals surface area contributed by atoms with Gasteiger partial charge in [-0.25, -0.2) is 4.79 Å². The number of alkyl halides is 3. The van der Waals surface area contributed by atoms with E-state index in [9.17, 15) is 28.1 Å². The van der Waals surface area contributed by atoms with E-state index in [2.05, 4.69) is 5.16 Å². The lowest BCUT2D eigenvalue weighted by Gasteiger charge is -2.13. The monoisotopic (exact) mass is 484 g/mol. The Morgan fingerprint density at radius 2 is 1.71 bits per heavy atom. The third-order valence-electron chi connectivity index (χ3n) is 4.94. The van der Waals surface area contributed by atoms with Crippen LogP contribution in [0.2, 0.25) is 0 Å². The standard InChI is InChI=1S/C24H15F3N2O6/c1-33-21-12-14(11-17-22(28-35-23(17)30)15-5-3-2-4-6-15)7-9-20(21)34-19-10-8-16(24(25,26)27)13-18(19)29(31)32/h2-13H,1H3/b17-11+. The second kappa shape index (κ2) is 9.29. The number of carbonyl (C=O) groups excluding carboxylic acids is 1. The highest BCUT2D eigenvalue weighted by atomic mass is 19.4. The summed E-state index contributed by atoms with van der Waals surface area (Å²) in [5.41, 5.74) is -0.324. The first-order valence-corrected chi connectivity index (χ1v) is 9.95. The molecule has 0 aromatic heterocycles. The number of halogens is 3. The number of benzene rings is 3. The highest BCUT2D eigenvalue weighted by molar-refractivity contribution is 6.31. The topological polar surface area (TPSA) is 100 Å². The fourth-order valence-electron chi connectivity index (χ4n) is 3.28. The molecule has 178 valence electrons. The first-order chi connectivity index (χ1) is 16.7. The van der Waals surface area contributed by atoms with Gasteiger partial charge in [0.25, 0.3) is 0 Å². The molecule has 0 fully saturated rings. The van der Waals surface area contributed by atoms with Crippen molar-refractivity contribution < 1.29 is 37.2 Å². The van der Waals surface area contributed by atoms with E-state index in [0.717, 1.165) is 6.07 Å². The van der Waals surface area contributed by atoms with Crippen LogP contribution in [0.1, 0.15) is 16.7 Å². The minimum absolute atomic E-state index is 0.0171. The number of nitrogens with zero attached hydrogens (tertiary/aromatic N) is 2. The Morgan fingerprint density at radius 3 is 2.37 bits per heavy atom. The molecule has 3 aromatic rings. The number of methoxy groups -OCH3 is 1. The third-order valence-corrected chi connectivity index (χ3v) is 4.94. The van der Waals surface area contributed by atoms with Crippen molar-refractivity contribution in [3.63, 3.8) is 0 Å². The molecule has 0 radical (unpaired) electrons. The van der Waals surface area contributed by atoms with Gasteiger partial charge in [-0.15, -0.1) is 0 Å². The van der Waals surface area contributed by atoms with Crippen LogP contribution in [-0.2, 0) is 15.8 Å². The van der Waals surface area contributed by atoms with Crippen LogP contribution in [-0.4, -0.2) is 23.7 Å². The van der Waals surface area contributed by atoms with E-state index in [-0.39, 0.29) is 17.1 Å². The lowest BCUT2D eigenvalue weighted by Crippen LogP contribution is -2.06. The van der Waals surface area contributed by atoms with Crippen molar-refractivity contribution in [2.45, 2.75) is 6.18 Å². The largest absolute Gasteiger partial charge is 0.493 e. The lowest BCUT2D eigenvalue weighted by molar-refractivity contribution is -0.385. The van der Waals surface area contributed by atoms with Crippen LogP contribution in [0, 0.1) is 10.1 Å². The Hall–Kier alpha value is -4.67. The number of nitro groups is 1. The molecular formula is C24H15F3N2O6. The van der Waals surface area contributed by atoms with Crippen LogP contribution >= 0.6 is 0 Å². The van der Waals surface area contributed by atoms with E-state index >= 15 is 0 Å². The predicted octanol–water partition coefficient (Wildman–Crippen LogP) is 5.76. The molecule has 0 atom stereocenters. The number of oxime groups is 1. The molecule has 11 heteroatoms. The molecule has 1 aliphatic rings. The molecule has 3 aromatic carbocycles. The number of ether oxygens (including phenoxy) is 2. The summed E-state index contributed by atoms with van der Waals surface area (Å²) in [5, 5.41) is 15.2. The third kappa shape index (κ3) is 4.98. The quantitative estimate of drug-likeness (QED) is 0.191. The molecule has 0 saturated heterocycles. The zero-order valence-electron chi connectivity index (χ0n) is 17.9. The molecule has 0 spiro atoms. The van der Waals surface area contributed by atoms with Gasteiger partial charge in [-0.1, -0.05) is 41.6 Å². The van der Waals surface area contributed by atoms with Gasteiger partial charge >= 0.3 is 17.8 Å². The fourth-order valence-corrected chi connectivity index (χ4v) is 3.28. The first kappa shape index (κ1) is 23.5. The lowest BCUT2D eigenvalue weighted by atomic mass is 10.0. The summed E-state index contributed by atoms with van der Waals surface area (Å²) in [4.78, 5) is 27.4. The molecule has 1 heterocycles. The van der Waals surface area contributed by atoms with Crippen LogP contribution < -0.4 is 9.47 Å². The Labute approximate surface area is 196 Å². The van der Waals surface area contributed by atoms with Crippen molar-refractivity contribution in [2.24, 2.45) is 5.16 Å². The predicted molar refractivity (Wildman–Crippen MR) is 118 cm³/mol. The summed E-state index contributed by atoms with van der Waals surface area (Å²) in [6, 6.07) is 15.3. The van der Waals surface area contributed by atoms with E-state index in [4.69, 9.17) is 14.3 Å². The van der Waals surface area contributed by atoms with Gasteiger partial charge in [0, 0.05) is 11.6 Å². The van der Waals surface area contributed by atoms with Gasteiger partial charge in [0.05, 0.1) is 23.2 Å². The number of hydrogen-bond acceptors (Lipinski definition) is 7. The maximum absolute atomic E-state index is 13.0. The zero-order valence-corrected chi connectivity index (χ0v) is 17.9. The average molecular weight is 484 g/mol. The fraction of sp³-hybridized carbons (Fsp3) is 0.0833. The first-order valence-electron chi connectivity index (χ1n) is 9.95. The summed E-state index contributed by atoms with van der Waals surface area (Å²) in [7, 11) is 1.32. The molecule has 0 N–H and O–H groups in total. The normalized spacial score (nSPS) is 14.5. The number of hydrogen-bond donors (Lipinski definition) is 0. The molecule has 0 bridgehead atoms. The molecule has 8 nitrogen and oxygen atoms in total. The van der Waals surface area contributed by atoms with E-state index < -0.39 is 34.1 Å². The summed E-state index contributed by atoms with van der Waals surface area (Å²) in [6.45, 7) is 0. The SMILES string of the molecule is COc1cc(/C=C2/C(=O)ON=C2c2ccccc2)ccc1Oc1ccc(C(F)(F)F)cc1[N+](=O)[O-]. The second-order valence-electron chi connectivity index (χ2n) is 7.19. The highest BCUT2D eigenvalue weighted by Crippen LogP contribution is 2.40. The molecule has 0 aliphatic carbocycles. The molecule has 0 unspecified atom stereocenters. The van der Waals surface area contributed by atoms with Crippen molar-refractivity contribution in [3.8, 4) is 17.2 Å². The van der Waals surface area contributed by atoms with Gasteiger partial charge < -0.3 is 14.3 Å². The van der Waals surface area contributed by atoms with Gasteiger partial charge in [-0.3, -0.25) is 10.1 Å². The Kier molecular flexibility index (Phi) is 6.24. The van der Waals surface area contributed by atoms with E-state index in [1.165, 1.54) is 31.4 Å².